The Labute approximate surface area is 253 Å². The Morgan fingerprint density at radius 2 is 1.77 bits per heavy atom. The zero-order valence-corrected chi connectivity index (χ0v) is 26.3. The minimum Gasteiger partial charge on any atom is -0.477 e. The van der Waals surface area contributed by atoms with Crippen LogP contribution in [0.5, 0.6) is 0 Å². The highest BCUT2D eigenvalue weighted by Gasteiger charge is 2.53. The number of carboxylic acid groups (broad SMARTS) is 1. The smallest absolute Gasteiger partial charge is 0.352 e. The van der Waals surface area contributed by atoms with Crippen molar-refractivity contribution in [2.75, 3.05) is 18.6 Å². The number of nitrogen functional groups attached to an aromatic ring is 1. The summed E-state index contributed by atoms with van der Waals surface area (Å²) in [7, 11) is 1.58. The lowest BCUT2D eigenvalue weighted by Gasteiger charge is -2.50. The largest absolute Gasteiger partial charge is 0.477 e. The van der Waals surface area contributed by atoms with Gasteiger partial charge in [0.05, 0.1) is 11.7 Å². The molecule has 0 aromatic carbocycles. The summed E-state index contributed by atoms with van der Waals surface area (Å²) in [6.07, 6.45) is 18.8. The number of rotatable bonds is 20. The van der Waals surface area contributed by atoms with Crippen LogP contribution in [-0.4, -0.2) is 57.4 Å². The summed E-state index contributed by atoms with van der Waals surface area (Å²) in [5.74, 6) is -0.587. The number of carboxylic acids is 1. The van der Waals surface area contributed by atoms with E-state index in [9.17, 15) is 14.7 Å². The number of halogens is 1. The number of anilines is 1. The number of carbonyl (C=O) groups excluding carboxylic acids is 1. The fraction of sp³-hybridized carbons (Fsp3) is 0.714. The second-order valence-corrected chi connectivity index (χ2v) is 12.4. The minimum absolute atomic E-state index is 0. The van der Waals surface area contributed by atoms with Crippen LogP contribution in [0.2, 0.25) is 0 Å². The van der Waals surface area contributed by atoms with Crippen LogP contribution in [0.3, 0.4) is 0 Å². The van der Waals surface area contributed by atoms with Gasteiger partial charge in [-0.1, -0.05) is 75.8 Å². The standard InChI is InChI=1S/C28H45N5O4S2.ClH/c1-20-18-38-26-23(25(34)33(26)24(20)27(35)36)31-21(22-19-39-28(29)32-22)16-14-12-10-8-6-4-3-5-7-9-11-13-15-17-30-37-2;/h17,19,21,23,26,31H,3-16,18H2,1-2H3,(H2,29,32)(H,35,36);1H/t21?,23?,26-;/m0./s1. The molecule has 3 atom stereocenters. The lowest BCUT2D eigenvalue weighted by atomic mass is 9.98. The van der Waals surface area contributed by atoms with Crippen molar-refractivity contribution in [2.24, 2.45) is 5.16 Å². The quantitative estimate of drug-likeness (QED) is 0.0654. The van der Waals surface area contributed by atoms with Crippen LogP contribution >= 0.6 is 35.5 Å². The fourth-order valence-electron chi connectivity index (χ4n) is 5.27. The van der Waals surface area contributed by atoms with E-state index in [1.165, 1.54) is 80.4 Å². The van der Waals surface area contributed by atoms with Crippen LogP contribution in [0.25, 0.3) is 0 Å². The Morgan fingerprint density at radius 3 is 2.33 bits per heavy atom. The lowest BCUT2D eigenvalue weighted by molar-refractivity contribution is -0.149. The van der Waals surface area contributed by atoms with Crippen LogP contribution < -0.4 is 11.1 Å². The maximum atomic E-state index is 13.0. The topological polar surface area (TPSA) is 130 Å². The summed E-state index contributed by atoms with van der Waals surface area (Å²) in [5, 5.41) is 19.2. The highest BCUT2D eigenvalue weighted by atomic mass is 35.5. The predicted octanol–water partition coefficient (Wildman–Crippen LogP) is 6.51. The van der Waals surface area contributed by atoms with Crippen LogP contribution in [-0.2, 0) is 14.4 Å². The Hall–Kier alpha value is -1.82. The van der Waals surface area contributed by atoms with Crippen molar-refractivity contribution in [1.29, 1.82) is 0 Å². The summed E-state index contributed by atoms with van der Waals surface area (Å²) >= 11 is 3.03. The van der Waals surface area contributed by atoms with E-state index >= 15 is 0 Å². The number of aliphatic carboxylic acids is 1. The zero-order valence-electron chi connectivity index (χ0n) is 23.8. The number of fused-ring (bicyclic) bond motifs is 1. The molecule has 2 aliphatic heterocycles. The summed E-state index contributed by atoms with van der Waals surface area (Å²) in [5.41, 5.74) is 7.65. The van der Waals surface area contributed by atoms with Gasteiger partial charge in [0.2, 0.25) is 5.91 Å². The number of carbonyl (C=O) groups is 2. The van der Waals surface area contributed by atoms with Gasteiger partial charge in [-0.15, -0.1) is 35.5 Å². The van der Waals surface area contributed by atoms with Crippen LogP contribution in [0.1, 0.15) is 109 Å². The number of aromatic nitrogens is 1. The average molecular weight is 616 g/mol. The first-order valence-corrected chi connectivity index (χ1v) is 16.3. The number of oxime groups is 1. The van der Waals surface area contributed by atoms with Crippen molar-refractivity contribution in [1.82, 2.24) is 15.2 Å². The molecule has 0 saturated carbocycles. The highest BCUT2D eigenvalue weighted by Crippen LogP contribution is 2.41. The number of unbranched alkanes of at least 4 members (excludes halogenated alkanes) is 12. The van der Waals surface area contributed by atoms with Gasteiger partial charge in [-0.2, -0.15) is 0 Å². The number of nitrogens with one attached hydrogen (secondary N) is 1. The van der Waals surface area contributed by atoms with E-state index in [2.05, 4.69) is 20.3 Å². The van der Waals surface area contributed by atoms with E-state index in [4.69, 9.17) is 5.73 Å². The summed E-state index contributed by atoms with van der Waals surface area (Å²) < 4.78 is 0. The summed E-state index contributed by atoms with van der Waals surface area (Å²) in [4.78, 5) is 35.3. The molecule has 9 nitrogen and oxygen atoms in total. The van der Waals surface area contributed by atoms with Gasteiger partial charge in [-0.25, -0.2) is 9.78 Å². The van der Waals surface area contributed by atoms with Crippen molar-refractivity contribution in [3.63, 3.8) is 0 Å². The number of hydrogen-bond acceptors (Lipinski definition) is 9. The maximum absolute atomic E-state index is 13.0. The number of thioether (sulfide) groups is 1. The van der Waals surface area contributed by atoms with Gasteiger partial charge >= 0.3 is 5.97 Å². The number of thiazole rings is 1. The zero-order chi connectivity index (χ0) is 28.0. The SMILES string of the molecule is CON=CCCCCCCCCCCCCCCC(NC1C(=O)N2C(C(=O)O)=C(C)CS[C@@H]12)c1csc(N)n1.Cl. The first kappa shape index (κ1) is 34.4. The summed E-state index contributed by atoms with van der Waals surface area (Å²) in [6, 6.07) is -0.474. The van der Waals surface area contributed by atoms with E-state index < -0.39 is 12.0 Å². The molecule has 226 valence electrons. The molecule has 2 unspecified atom stereocenters. The van der Waals surface area contributed by atoms with E-state index in [1.54, 1.807) is 25.8 Å². The molecule has 2 aliphatic rings. The Balaban J connectivity index is 0.00000560. The molecule has 1 aromatic rings. The van der Waals surface area contributed by atoms with Gasteiger partial charge in [-0.05, 0) is 31.8 Å². The minimum atomic E-state index is -1.03. The molecule has 1 aromatic heterocycles. The normalized spacial score (nSPS) is 19.4. The summed E-state index contributed by atoms with van der Waals surface area (Å²) in [6.45, 7) is 1.78. The van der Waals surface area contributed by atoms with E-state index in [-0.39, 0.29) is 35.4 Å². The van der Waals surface area contributed by atoms with Gasteiger partial charge in [0, 0.05) is 17.3 Å². The number of nitrogens with two attached hydrogens (primary N) is 1. The van der Waals surface area contributed by atoms with Crippen LogP contribution in [0, 0.1) is 0 Å². The molecule has 3 rings (SSSR count). The molecule has 1 saturated heterocycles. The van der Waals surface area contributed by atoms with Crippen LogP contribution in [0.4, 0.5) is 5.13 Å². The third-order valence-corrected chi connectivity index (χ3v) is 9.51. The van der Waals surface area contributed by atoms with Gasteiger partial charge < -0.3 is 15.7 Å². The number of nitrogens with zero attached hydrogens (tertiary/aromatic N) is 3. The molecule has 4 N–H and O–H groups in total. The Kier molecular flexibility index (Phi) is 16.0. The monoisotopic (exact) mass is 615 g/mol. The van der Waals surface area contributed by atoms with Gasteiger partial charge in [0.1, 0.15) is 24.2 Å². The third kappa shape index (κ3) is 10.2. The molecule has 3 heterocycles. The van der Waals surface area contributed by atoms with Crippen LogP contribution in [0.15, 0.2) is 21.8 Å². The van der Waals surface area contributed by atoms with E-state index in [1.807, 2.05) is 11.6 Å². The Morgan fingerprint density at radius 1 is 1.18 bits per heavy atom. The van der Waals surface area contributed by atoms with Crippen molar-refractivity contribution in [2.45, 2.75) is 114 Å². The molecule has 0 aliphatic carbocycles. The van der Waals surface area contributed by atoms with Gasteiger partial charge in [-0.3, -0.25) is 15.0 Å². The molecule has 0 radical (unpaired) electrons. The van der Waals surface area contributed by atoms with Crippen molar-refractivity contribution in [3.05, 3.63) is 22.3 Å². The predicted molar refractivity (Wildman–Crippen MR) is 167 cm³/mol. The molecule has 0 bridgehead atoms. The second-order valence-electron chi connectivity index (χ2n) is 10.4. The van der Waals surface area contributed by atoms with E-state index in [0.29, 0.717) is 10.9 Å². The van der Waals surface area contributed by atoms with Gasteiger partial charge in [0.15, 0.2) is 5.13 Å². The fourth-order valence-corrected chi connectivity index (χ4v) is 7.19. The van der Waals surface area contributed by atoms with Crippen molar-refractivity contribution < 1.29 is 19.5 Å². The van der Waals surface area contributed by atoms with E-state index in [0.717, 1.165) is 37.0 Å². The molecular weight excluding hydrogens is 570 g/mol. The number of amides is 1. The molecule has 0 spiro atoms. The molecular formula is C28H46ClN5O4S2. The first-order valence-electron chi connectivity index (χ1n) is 14.3. The molecule has 40 heavy (non-hydrogen) atoms. The second kappa shape index (κ2) is 18.6. The van der Waals surface area contributed by atoms with Crippen molar-refractivity contribution in [3.8, 4) is 0 Å². The number of hydrogen-bond donors (Lipinski definition) is 3. The lowest BCUT2D eigenvalue weighted by Crippen LogP contribution is -2.70. The maximum Gasteiger partial charge on any atom is 0.352 e. The number of β-lactam (4-membered cyclic amide) rings is 1. The highest BCUT2D eigenvalue weighted by molar-refractivity contribution is 8.00. The molecule has 1 amide bonds. The average Bonchev–Trinajstić information content (AvgIpc) is 3.35. The van der Waals surface area contributed by atoms with Gasteiger partial charge in [0.25, 0.3) is 0 Å². The molecule has 12 heteroatoms. The first-order chi connectivity index (χ1) is 18.9. The third-order valence-electron chi connectivity index (χ3n) is 7.39. The Bertz CT molecular complexity index is 990. The van der Waals surface area contributed by atoms with Crippen molar-refractivity contribution >= 4 is 58.7 Å². The molecule has 1 fully saturated rings.